The van der Waals surface area contributed by atoms with Crippen molar-refractivity contribution >= 4 is 11.3 Å². The fourth-order valence-corrected chi connectivity index (χ4v) is 3.44. The van der Waals surface area contributed by atoms with Crippen LogP contribution < -0.4 is 0 Å². The van der Waals surface area contributed by atoms with Gasteiger partial charge in [0.1, 0.15) is 0 Å². The van der Waals surface area contributed by atoms with E-state index in [0.717, 1.165) is 36.1 Å². The highest BCUT2D eigenvalue weighted by molar-refractivity contribution is 7.09. The Bertz CT molecular complexity index is 449. The van der Waals surface area contributed by atoms with Crippen LogP contribution in [0.15, 0.2) is 5.38 Å². The molecule has 0 bridgehead atoms. The van der Waals surface area contributed by atoms with E-state index in [1.807, 2.05) is 0 Å². The van der Waals surface area contributed by atoms with Gasteiger partial charge in [0.15, 0.2) is 12.0 Å². The number of hydrogen-bond donors (Lipinski definition) is 0. The summed E-state index contributed by atoms with van der Waals surface area (Å²) in [6.45, 7) is 2.20. The van der Waals surface area contributed by atoms with E-state index in [1.165, 1.54) is 0 Å². The van der Waals surface area contributed by atoms with Crippen LogP contribution in [0.3, 0.4) is 0 Å². The topological polar surface area (TPSA) is 34.6 Å². The van der Waals surface area contributed by atoms with Gasteiger partial charge in [0, 0.05) is 38.6 Å². The summed E-state index contributed by atoms with van der Waals surface area (Å²) in [5.41, 5.74) is -0.786. The largest absolute Gasteiger partial charge is 0.434 e. The highest BCUT2D eigenvalue weighted by Gasteiger charge is 2.35. The first kappa shape index (κ1) is 16.7. The number of ether oxygens (including phenoxy) is 2. The van der Waals surface area contributed by atoms with E-state index in [0.29, 0.717) is 18.1 Å². The quantitative estimate of drug-likeness (QED) is 0.780. The normalized spacial score (nSPS) is 21.1. The molecule has 120 valence electrons. The Morgan fingerprint density at radius 1 is 1.43 bits per heavy atom. The van der Waals surface area contributed by atoms with E-state index in [4.69, 9.17) is 9.47 Å². The summed E-state index contributed by atoms with van der Waals surface area (Å²) in [4.78, 5) is 5.92. The number of likely N-dealkylation sites (tertiary alicyclic amines) is 1. The van der Waals surface area contributed by atoms with Crippen molar-refractivity contribution in [1.82, 2.24) is 9.88 Å². The van der Waals surface area contributed by atoms with Gasteiger partial charge >= 0.3 is 6.18 Å². The van der Waals surface area contributed by atoms with Gasteiger partial charge in [-0.2, -0.15) is 13.2 Å². The zero-order chi connectivity index (χ0) is 15.5. The third kappa shape index (κ3) is 4.38. The van der Waals surface area contributed by atoms with Gasteiger partial charge in [-0.05, 0) is 19.4 Å². The monoisotopic (exact) mass is 324 g/mol. The third-order valence-corrected chi connectivity index (χ3v) is 4.61. The maximum Gasteiger partial charge on any atom is 0.434 e. The Kier molecular flexibility index (Phi) is 5.59. The molecule has 2 rings (SSSR count). The molecule has 0 N–H and O–H groups in total. The second kappa shape index (κ2) is 7.04. The summed E-state index contributed by atoms with van der Waals surface area (Å²) in [6.07, 6.45) is -2.87. The molecule has 1 fully saturated rings. The number of hydrogen-bond acceptors (Lipinski definition) is 5. The molecule has 4 nitrogen and oxygen atoms in total. The number of rotatable bonds is 5. The lowest BCUT2D eigenvalue weighted by Crippen LogP contribution is -2.40. The number of nitrogens with zero attached hydrogens (tertiary/aromatic N) is 2. The molecule has 0 radical (unpaired) electrons. The highest BCUT2D eigenvalue weighted by atomic mass is 32.1. The lowest BCUT2D eigenvalue weighted by molar-refractivity contribution is -0.140. The minimum absolute atomic E-state index is 0.0502. The molecule has 1 aliphatic heterocycles. The van der Waals surface area contributed by atoms with Crippen LogP contribution in [-0.4, -0.2) is 50.0 Å². The summed E-state index contributed by atoms with van der Waals surface area (Å²) < 4.78 is 48.2. The number of alkyl halides is 3. The predicted octanol–water partition coefficient (Wildman–Crippen LogP) is 2.96. The molecule has 1 aromatic rings. The molecular formula is C13H19F3N2O2S. The van der Waals surface area contributed by atoms with Crippen molar-refractivity contribution in [3.63, 3.8) is 0 Å². The fraction of sp³-hybridized carbons (Fsp3) is 0.769. The van der Waals surface area contributed by atoms with Crippen LogP contribution in [0.4, 0.5) is 13.2 Å². The molecule has 0 aromatic carbocycles. The number of thiazole rings is 1. The molecule has 1 aliphatic rings. The van der Waals surface area contributed by atoms with Crippen LogP contribution in [0.25, 0.3) is 0 Å². The SMILES string of the molecule is COC(CN1CCC[C@H](c2nc(C(F)(F)F)cs2)C1)OC. The van der Waals surface area contributed by atoms with Crippen molar-refractivity contribution in [2.45, 2.75) is 31.2 Å². The lowest BCUT2D eigenvalue weighted by Gasteiger charge is -2.33. The van der Waals surface area contributed by atoms with E-state index in [-0.39, 0.29) is 12.2 Å². The van der Waals surface area contributed by atoms with Gasteiger partial charge in [-0.1, -0.05) is 0 Å². The zero-order valence-corrected chi connectivity index (χ0v) is 12.8. The van der Waals surface area contributed by atoms with Crippen molar-refractivity contribution in [3.05, 3.63) is 16.1 Å². The first-order valence-corrected chi connectivity index (χ1v) is 7.62. The molecule has 0 amide bonds. The Hall–Kier alpha value is -0.700. The molecule has 0 aliphatic carbocycles. The van der Waals surface area contributed by atoms with Crippen LogP contribution in [0.2, 0.25) is 0 Å². The Balaban J connectivity index is 1.99. The van der Waals surface area contributed by atoms with Gasteiger partial charge in [-0.25, -0.2) is 4.98 Å². The molecular weight excluding hydrogens is 305 g/mol. The number of aromatic nitrogens is 1. The minimum atomic E-state index is -4.36. The van der Waals surface area contributed by atoms with E-state index in [1.54, 1.807) is 14.2 Å². The molecule has 1 saturated heterocycles. The first-order valence-electron chi connectivity index (χ1n) is 6.74. The van der Waals surface area contributed by atoms with Gasteiger partial charge in [0.25, 0.3) is 0 Å². The maximum absolute atomic E-state index is 12.6. The van der Waals surface area contributed by atoms with E-state index in [9.17, 15) is 13.2 Å². The molecule has 0 saturated carbocycles. The van der Waals surface area contributed by atoms with Gasteiger partial charge < -0.3 is 9.47 Å². The maximum atomic E-state index is 12.6. The first-order chi connectivity index (χ1) is 9.94. The van der Waals surface area contributed by atoms with Crippen molar-refractivity contribution in [2.24, 2.45) is 0 Å². The molecule has 2 heterocycles. The minimum Gasteiger partial charge on any atom is -0.355 e. The van der Waals surface area contributed by atoms with Crippen molar-refractivity contribution in [2.75, 3.05) is 33.9 Å². The molecule has 8 heteroatoms. The van der Waals surface area contributed by atoms with Gasteiger partial charge in [0.2, 0.25) is 0 Å². The average Bonchev–Trinajstić information content (AvgIpc) is 2.95. The molecule has 21 heavy (non-hydrogen) atoms. The second-order valence-corrected chi connectivity index (χ2v) is 5.96. The standard InChI is InChI=1S/C13H19F3N2O2S/c1-19-11(20-2)7-18-5-3-4-9(6-18)12-17-10(8-21-12)13(14,15)16/h8-9,11H,3-7H2,1-2H3/t9-/m0/s1. The van der Waals surface area contributed by atoms with Gasteiger partial charge in [0.05, 0.1) is 5.01 Å². The summed E-state index contributed by atoms with van der Waals surface area (Å²) in [5, 5.41) is 1.67. The van der Waals surface area contributed by atoms with E-state index >= 15 is 0 Å². The van der Waals surface area contributed by atoms with Gasteiger partial charge in [-0.15, -0.1) is 11.3 Å². The molecule has 0 unspecified atom stereocenters. The van der Waals surface area contributed by atoms with Crippen molar-refractivity contribution in [1.29, 1.82) is 0 Å². The van der Waals surface area contributed by atoms with Crippen LogP contribution in [-0.2, 0) is 15.7 Å². The zero-order valence-electron chi connectivity index (χ0n) is 12.0. The Morgan fingerprint density at radius 2 is 2.14 bits per heavy atom. The molecule has 1 atom stereocenters. The smallest absolute Gasteiger partial charge is 0.355 e. The Labute approximate surface area is 125 Å². The number of piperidine rings is 1. The lowest BCUT2D eigenvalue weighted by atomic mass is 9.99. The van der Waals surface area contributed by atoms with E-state index < -0.39 is 11.9 Å². The van der Waals surface area contributed by atoms with E-state index in [2.05, 4.69) is 9.88 Å². The predicted molar refractivity (Wildman–Crippen MR) is 73.3 cm³/mol. The molecule has 0 spiro atoms. The van der Waals surface area contributed by atoms with Crippen LogP contribution >= 0.6 is 11.3 Å². The van der Waals surface area contributed by atoms with Gasteiger partial charge in [-0.3, -0.25) is 4.90 Å². The van der Waals surface area contributed by atoms with Crippen LogP contribution in [0.5, 0.6) is 0 Å². The molecule has 1 aromatic heterocycles. The van der Waals surface area contributed by atoms with Crippen molar-refractivity contribution in [3.8, 4) is 0 Å². The van der Waals surface area contributed by atoms with Crippen LogP contribution in [0, 0.1) is 0 Å². The summed E-state index contributed by atoms with van der Waals surface area (Å²) in [6, 6.07) is 0. The van der Waals surface area contributed by atoms with Crippen molar-refractivity contribution < 1.29 is 22.6 Å². The summed E-state index contributed by atoms with van der Waals surface area (Å²) in [7, 11) is 3.15. The highest BCUT2D eigenvalue weighted by Crippen LogP contribution is 2.34. The Morgan fingerprint density at radius 3 is 2.71 bits per heavy atom. The summed E-state index contributed by atoms with van der Waals surface area (Å²) in [5.74, 6) is 0.0502. The number of methoxy groups -OCH3 is 2. The number of halogens is 3. The summed E-state index contributed by atoms with van der Waals surface area (Å²) >= 11 is 1.10. The second-order valence-electron chi connectivity index (χ2n) is 5.07. The third-order valence-electron chi connectivity index (χ3n) is 3.60. The fourth-order valence-electron chi connectivity index (χ4n) is 2.48. The average molecular weight is 324 g/mol. The van der Waals surface area contributed by atoms with Crippen LogP contribution in [0.1, 0.15) is 29.5 Å².